The van der Waals surface area contributed by atoms with Gasteiger partial charge in [-0.1, -0.05) is 13.8 Å². The van der Waals surface area contributed by atoms with Crippen LogP contribution in [0.25, 0.3) is 0 Å². The van der Waals surface area contributed by atoms with Crippen molar-refractivity contribution in [3.8, 4) is 0 Å². The first-order valence-electron chi connectivity index (χ1n) is 4.82. The largest absolute Gasteiger partial charge is 0.313 e. The molecule has 1 saturated heterocycles. The maximum absolute atomic E-state index is 13.8. The lowest BCUT2D eigenvalue weighted by Crippen LogP contribution is -2.41. The van der Waals surface area contributed by atoms with E-state index in [0.29, 0.717) is 19.5 Å². The molecular formula is C9H19FN2. The van der Waals surface area contributed by atoms with Gasteiger partial charge in [0.2, 0.25) is 0 Å². The smallest absolute Gasteiger partial charge is 0.137 e. The lowest BCUT2D eigenvalue weighted by molar-refractivity contribution is 0.116. The van der Waals surface area contributed by atoms with E-state index in [1.165, 1.54) is 0 Å². The van der Waals surface area contributed by atoms with Gasteiger partial charge in [0.25, 0.3) is 0 Å². The molecule has 1 rings (SSSR count). The molecule has 0 aromatic rings. The van der Waals surface area contributed by atoms with Crippen LogP contribution in [-0.4, -0.2) is 43.3 Å². The van der Waals surface area contributed by atoms with Crippen LogP contribution >= 0.6 is 0 Å². The van der Waals surface area contributed by atoms with Crippen molar-refractivity contribution in [3.63, 3.8) is 0 Å². The van der Waals surface area contributed by atoms with Crippen LogP contribution in [0, 0.1) is 0 Å². The van der Waals surface area contributed by atoms with Crippen molar-refractivity contribution in [2.24, 2.45) is 0 Å². The van der Waals surface area contributed by atoms with E-state index >= 15 is 0 Å². The quantitative estimate of drug-likeness (QED) is 0.685. The molecular weight excluding hydrogens is 155 g/mol. The SMILES string of the molecule is CCN(CC)CC1(F)CCNC1. The van der Waals surface area contributed by atoms with Crippen LogP contribution in [0.5, 0.6) is 0 Å². The molecule has 3 heteroatoms. The van der Waals surface area contributed by atoms with Crippen molar-refractivity contribution < 1.29 is 4.39 Å². The Hall–Kier alpha value is -0.150. The molecule has 0 amide bonds. The van der Waals surface area contributed by atoms with E-state index in [1.54, 1.807) is 0 Å². The number of rotatable bonds is 4. The van der Waals surface area contributed by atoms with Crippen molar-refractivity contribution >= 4 is 0 Å². The van der Waals surface area contributed by atoms with E-state index < -0.39 is 5.67 Å². The maximum Gasteiger partial charge on any atom is 0.137 e. The van der Waals surface area contributed by atoms with E-state index in [9.17, 15) is 4.39 Å². The van der Waals surface area contributed by atoms with Gasteiger partial charge in [-0.3, -0.25) is 0 Å². The van der Waals surface area contributed by atoms with Crippen LogP contribution in [0.1, 0.15) is 20.3 Å². The van der Waals surface area contributed by atoms with Crippen molar-refractivity contribution in [1.82, 2.24) is 10.2 Å². The third-order valence-corrected chi connectivity index (χ3v) is 2.59. The molecule has 1 heterocycles. The van der Waals surface area contributed by atoms with Crippen molar-refractivity contribution in [2.75, 3.05) is 32.7 Å². The van der Waals surface area contributed by atoms with Gasteiger partial charge in [-0.2, -0.15) is 0 Å². The van der Waals surface area contributed by atoms with E-state index in [-0.39, 0.29) is 0 Å². The van der Waals surface area contributed by atoms with E-state index in [0.717, 1.165) is 19.6 Å². The summed E-state index contributed by atoms with van der Waals surface area (Å²) in [5.41, 5.74) is -0.966. The van der Waals surface area contributed by atoms with Gasteiger partial charge < -0.3 is 10.2 Å². The summed E-state index contributed by atoms with van der Waals surface area (Å²) in [5, 5.41) is 3.06. The highest BCUT2D eigenvalue weighted by Gasteiger charge is 2.34. The Morgan fingerprint density at radius 2 is 2.08 bits per heavy atom. The summed E-state index contributed by atoms with van der Waals surface area (Å²) < 4.78 is 13.8. The molecule has 0 spiro atoms. The number of nitrogens with one attached hydrogen (secondary N) is 1. The zero-order chi connectivity index (χ0) is 9.03. The summed E-state index contributed by atoms with van der Waals surface area (Å²) in [6.07, 6.45) is 0.670. The predicted molar refractivity (Wildman–Crippen MR) is 49.1 cm³/mol. The van der Waals surface area contributed by atoms with Crippen LogP contribution in [0.15, 0.2) is 0 Å². The Bertz CT molecular complexity index is 128. The lowest BCUT2D eigenvalue weighted by Gasteiger charge is -2.26. The zero-order valence-corrected chi connectivity index (χ0v) is 8.07. The van der Waals surface area contributed by atoms with Crippen LogP contribution in [-0.2, 0) is 0 Å². The molecule has 0 aromatic carbocycles. The van der Waals surface area contributed by atoms with Crippen LogP contribution in [0.3, 0.4) is 0 Å². The molecule has 1 aliphatic heterocycles. The Morgan fingerprint density at radius 1 is 1.42 bits per heavy atom. The summed E-state index contributed by atoms with van der Waals surface area (Å²) >= 11 is 0. The molecule has 0 radical (unpaired) electrons. The fourth-order valence-corrected chi connectivity index (χ4v) is 1.70. The van der Waals surface area contributed by atoms with Crippen LogP contribution < -0.4 is 5.32 Å². The second-order valence-corrected chi connectivity index (χ2v) is 3.54. The summed E-state index contributed by atoms with van der Waals surface area (Å²) in [4.78, 5) is 2.15. The molecule has 0 aliphatic carbocycles. The fourth-order valence-electron chi connectivity index (χ4n) is 1.70. The maximum atomic E-state index is 13.8. The van der Waals surface area contributed by atoms with Gasteiger partial charge in [-0.25, -0.2) is 4.39 Å². The highest BCUT2D eigenvalue weighted by atomic mass is 19.1. The van der Waals surface area contributed by atoms with Crippen molar-refractivity contribution in [2.45, 2.75) is 25.9 Å². The van der Waals surface area contributed by atoms with Gasteiger partial charge in [-0.05, 0) is 26.1 Å². The summed E-state index contributed by atoms with van der Waals surface area (Å²) in [6, 6.07) is 0. The van der Waals surface area contributed by atoms with Gasteiger partial charge in [0.05, 0.1) is 0 Å². The van der Waals surface area contributed by atoms with E-state index in [1.807, 2.05) is 0 Å². The van der Waals surface area contributed by atoms with Gasteiger partial charge >= 0.3 is 0 Å². The molecule has 12 heavy (non-hydrogen) atoms. The molecule has 1 unspecified atom stereocenters. The van der Waals surface area contributed by atoms with Crippen LogP contribution in [0.4, 0.5) is 4.39 Å². The molecule has 1 N–H and O–H groups in total. The molecule has 0 saturated carbocycles. The average Bonchev–Trinajstić information content (AvgIpc) is 2.48. The van der Waals surface area contributed by atoms with Gasteiger partial charge in [-0.15, -0.1) is 0 Å². The molecule has 1 fully saturated rings. The topological polar surface area (TPSA) is 15.3 Å². The normalized spacial score (nSPS) is 30.0. The Labute approximate surface area is 74.1 Å². The van der Waals surface area contributed by atoms with Gasteiger partial charge in [0, 0.05) is 13.1 Å². The Kier molecular flexibility index (Phi) is 3.47. The minimum atomic E-state index is -0.966. The Balaban J connectivity index is 2.36. The monoisotopic (exact) mass is 174 g/mol. The highest BCUT2D eigenvalue weighted by molar-refractivity contribution is 4.90. The standard InChI is InChI=1S/C9H19FN2/c1-3-12(4-2)8-9(10)5-6-11-7-9/h11H,3-8H2,1-2H3. The van der Waals surface area contributed by atoms with Gasteiger partial charge in [0.1, 0.15) is 5.67 Å². The average molecular weight is 174 g/mol. The molecule has 1 atom stereocenters. The number of hydrogen-bond donors (Lipinski definition) is 1. The summed E-state index contributed by atoms with van der Waals surface area (Å²) in [7, 11) is 0. The second-order valence-electron chi connectivity index (χ2n) is 3.54. The first-order valence-corrected chi connectivity index (χ1v) is 4.82. The summed E-state index contributed by atoms with van der Waals surface area (Å²) in [5.74, 6) is 0. The lowest BCUT2D eigenvalue weighted by atomic mass is 10.1. The molecule has 2 nitrogen and oxygen atoms in total. The molecule has 1 aliphatic rings. The fraction of sp³-hybridized carbons (Fsp3) is 1.00. The van der Waals surface area contributed by atoms with E-state index in [4.69, 9.17) is 0 Å². The van der Waals surface area contributed by atoms with Crippen molar-refractivity contribution in [1.29, 1.82) is 0 Å². The Morgan fingerprint density at radius 3 is 2.50 bits per heavy atom. The number of nitrogens with zero attached hydrogens (tertiary/aromatic N) is 1. The number of halogens is 1. The number of alkyl halides is 1. The molecule has 0 bridgehead atoms. The molecule has 0 aromatic heterocycles. The van der Waals surface area contributed by atoms with Crippen LogP contribution in [0.2, 0.25) is 0 Å². The highest BCUT2D eigenvalue weighted by Crippen LogP contribution is 2.20. The second kappa shape index (κ2) is 4.19. The van der Waals surface area contributed by atoms with Crippen molar-refractivity contribution in [3.05, 3.63) is 0 Å². The summed E-state index contributed by atoms with van der Waals surface area (Å²) in [6.45, 7) is 8.00. The minimum absolute atomic E-state index is 0.531. The third-order valence-electron chi connectivity index (χ3n) is 2.59. The third kappa shape index (κ3) is 2.42. The first kappa shape index (κ1) is 9.93. The first-order chi connectivity index (χ1) is 5.70. The predicted octanol–water partition coefficient (Wildman–Crippen LogP) is 1.03. The van der Waals surface area contributed by atoms with Gasteiger partial charge in [0.15, 0.2) is 0 Å². The zero-order valence-electron chi connectivity index (χ0n) is 8.07. The minimum Gasteiger partial charge on any atom is -0.313 e. The molecule has 72 valence electrons. The van der Waals surface area contributed by atoms with E-state index in [2.05, 4.69) is 24.1 Å². The number of hydrogen-bond acceptors (Lipinski definition) is 2.